The van der Waals surface area contributed by atoms with Crippen LogP contribution < -0.4 is 15.4 Å². The molecule has 34 heavy (non-hydrogen) atoms. The molecule has 180 valence electrons. The molecule has 3 aromatic rings. The Labute approximate surface area is 204 Å². The Morgan fingerprint density at radius 3 is 2.41 bits per heavy atom. The van der Waals surface area contributed by atoms with E-state index >= 15 is 0 Å². The maximum absolute atomic E-state index is 13.0. The third kappa shape index (κ3) is 5.88. The maximum atomic E-state index is 13.0. The van der Waals surface area contributed by atoms with Gasteiger partial charge in [-0.05, 0) is 31.2 Å². The van der Waals surface area contributed by atoms with Crippen molar-refractivity contribution < 1.29 is 14.3 Å². The summed E-state index contributed by atoms with van der Waals surface area (Å²) in [6.45, 7) is 8.12. The number of rotatable bonds is 7. The average molecular weight is 484 g/mol. The Bertz CT molecular complexity index is 1170. The number of ether oxygens (including phenoxy) is 1. The van der Waals surface area contributed by atoms with E-state index in [1.807, 2.05) is 51.1 Å². The first-order chi connectivity index (χ1) is 16.1. The Kier molecular flexibility index (Phi) is 7.83. The normalized spacial score (nSPS) is 11.1. The van der Waals surface area contributed by atoms with Crippen LogP contribution in [0, 0.1) is 0 Å². The Morgan fingerprint density at radius 1 is 1.09 bits per heavy atom. The number of likely N-dealkylation sites (N-methyl/N-ethyl adjacent to an activating group) is 1. The molecule has 0 aliphatic heterocycles. The average Bonchev–Trinajstić information content (AvgIpc) is 3.22. The van der Waals surface area contributed by atoms with E-state index in [2.05, 4.69) is 15.7 Å². The second-order valence-electron chi connectivity index (χ2n) is 8.72. The van der Waals surface area contributed by atoms with Crippen LogP contribution in [-0.2, 0) is 10.2 Å². The van der Waals surface area contributed by atoms with Gasteiger partial charge in [0.1, 0.15) is 18.1 Å². The predicted octanol–water partition coefficient (Wildman–Crippen LogP) is 5.32. The number of anilines is 2. The molecule has 0 unspecified atom stereocenters. The van der Waals surface area contributed by atoms with Gasteiger partial charge in [0.25, 0.3) is 0 Å². The molecule has 0 saturated carbocycles. The highest BCUT2D eigenvalue weighted by atomic mass is 35.5. The molecule has 9 heteroatoms. The highest BCUT2D eigenvalue weighted by Gasteiger charge is 2.23. The summed E-state index contributed by atoms with van der Waals surface area (Å²) in [4.78, 5) is 27.2. The summed E-state index contributed by atoms with van der Waals surface area (Å²) in [6.07, 6.45) is 0. The lowest BCUT2D eigenvalue weighted by molar-refractivity contribution is -0.116. The van der Waals surface area contributed by atoms with Crippen molar-refractivity contribution in [1.29, 1.82) is 0 Å². The van der Waals surface area contributed by atoms with E-state index in [0.717, 1.165) is 5.69 Å². The van der Waals surface area contributed by atoms with Gasteiger partial charge in [-0.3, -0.25) is 4.79 Å². The molecule has 0 radical (unpaired) electrons. The molecule has 8 nitrogen and oxygen atoms in total. The molecule has 0 spiro atoms. The summed E-state index contributed by atoms with van der Waals surface area (Å²) in [5.74, 6) is 0.657. The largest absolute Gasteiger partial charge is 0.495 e. The van der Waals surface area contributed by atoms with Gasteiger partial charge in [-0.2, -0.15) is 5.10 Å². The lowest BCUT2D eigenvalue weighted by Gasteiger charge is -2.21. The molecular formula is C25H30ClN5O3. The summed E-state index contributed by atoms with van der Waals surface area (Å²) in [5, 5.41) is 10.9. The summed E-state index contributed by atoms with van der Waals surface area (Å²) in [7, 11) is 1.53. The van der Waals surface area contributed by atoms with E-state index in [9.17, 15) is 9.59 Å². The fourth-order valence-corrected chi connectivity index (χ4v) is 3.48. The first-order valence-electron chi connectivity index (χ1n) is 11.0. The van der Waals surface area contributed by atoms with Crippen molar-refractivity contribution in [2.75, 3.05) is 30.8 Å². The van der Waals surface area contributed by atoms with Crippen molar-refractivity contribution in [3.8, 4) is 11.4 Å². The van der Waals surface area contributed by atoms with Gasteiger partial charge < -0.3 is 20.3 Å². The Morgan fingerprint density at radius 2 is 1.76 bits per heavy atom. The molecule has 3 amide bonds. The van der Waals surface area contributed by atoms with Gasteiger partial charge in [-0.25, -0.2) is 9.48 Å². The molecule has 3 rings (SSSR count). The second kappa shape index (κ2) is 10.6. The van der Waals surface area contributed by atoms with Crippen molar-refractivity contribution in [2.45, 2.75) is 33.1 Å². The minimum atomic E-state index is -0.405. The van der Waals surface area contributed by atoms with Gasteiger partial charge in [-0.1, -0.05) is 56.6 Å². The number of methoxy groups -OCH3 is 1. The molecule has 1 aromatic heterocycles. The topological polar surface area (TPSA) is 88.5 Å². The molecule has 0 fully saturated rings. The molecule has 0 atom stereocenters. The van der Waals surface area contributed by atoms with Gasteiger partial charge in [0, 0.05) is 18.0 Å². The number of hydrogen-bond acceptors (Lipinski definition) is 4. The summed E-state index contributed by atoms with van der Waals surface area (Å²) in [5.41, 5.74) is 1.73. The highest BCUT2D eigenvalue weighted by Crippen LogP contribution is 2.29. The third-order valence-corrected chi connectivity index (χ3v) is 5.50. The highest BCUT2D eigenvalue weighted by molar-refractivity contribution is 6.32. The number of carbonyl (C=O) groups is 2. The zero-order chi connectivity index (χ0) is 24.9. The van der Waals surface area contributed by atoms with Crippen LogP contribution in [0.4, 0.5) is 16.3 Å². The number of benzene rings is 2. The number of hydrogen-bond donors (Lipinski definition) is 2. The molecule has 2 N–H and O–H groups in total. The first kappa shape index (κ1) is 25.1. The van der Waals surface area contributed by atoms with Crippen LogP contribution in [0.25, 0.3) is 5.69 Å². The maximum Gasteiger partial charge on any atom is 0.322 e. The minimum absolute atomic E-state index is 0.143. The fraction of sp³-hybridized carbons (Fsp3) is 0.320. The van der Waals surface area contributed by atoms with Crippen molar-refractivity contribution >= 4 is 35.0 Å². The number of urea groups is 1. The monoisotopic (exact) mass is 483 g/mol. The number of aromatic nitrogens is 2. The number of halogens is 1. The lowest BCUT2D eigenvalue weighted by Crippen LogP contribution is -2.40. The first-order valence-corrected chi connectivity index (χ1v) is 11.4. The van der Waals surface area contributed by atoms with Crippen molar-refractivity contribution in [3.05, 3.63) is 65.3 Å². The standard InChI is InChI=1S/C25H30ClN5O3/c1-6-30(24(33)27-18-12-8-10-14-20(18)34-5)16-23(32)28-22-15-21(25(2,3)4)29-31(22)19-13-9-7-11-17(19)26/h7-15H,6,16H2,1-5H3,(H,27,33)(H,28,32). The zero-order valence-electron chi connectivity index (χ0n) is 20.1. The van der Waals surface area contributed by atoms with Gasteiger partial charge in [-0.15, -0.1) is 0 Å². The van der Waals surface area contributed by atoms with E-state index in [-0.39, 0.29) is 17.9 Å². The number of nitrogens with zero attached hydrogens (tertiary/aromatic N) is 3. The summed E-state index contributed by atoms with van der Waals surface area (Å²) in [6, 6.07) is 15.8. The van der Waals surface area contributed by atoms with Crippen LogP contribution in [-0.4, -0.2) is 46.8 Å². The third-order valence-electron chi connectivity index (χ3n) is 5.18. The van der Waals surface area contributed by atoms with E-state index in [4.69, 9.17) is 16.3 Å². The Balaban J connectivity index is 1.79. The lowest BCUT2D eigenvalue weighted by atomic mass is 9.92. The van der Waals surface area contributed by atoms with Crippen LogP contribution in [0.15, 0.2) is 54.6 Å². The van der Waals surface area contributed by atoms with Crippen LogP contribution in [0.1, 0.15) is 33.4 Å². The van der Waals surface area contributed by atoms with Crippen LogP contribution in [0.3, 0.4) is 0 Å². The van der Waals surface area contributed by atoms with Crippen LogP contribution >= 0.6 is 11.6 Å². The van der Waals surface area contributed by atoms with Crippen molar-refractivity contribution in [3.63, 3.8) is 0 Å². The molecule has 0 bridgehead atoms. The molecule has 0 aliphatic carbocycles. The SMILES string of the molecule is CCN(CC(=O)Nc1cc(C(C)(C)C)nn1-c1ccccc1Cl)C(=O)Nc1ccccc1OC. The molecule has 0 saturated heterocycles. The number of carbonyl (C=O) groups excluding carboxylic acids is 2. The van der Waals surface area contributed by atoms with E-state index in [0.29, 0.717) is 34.5 Å². The van der Waals surface area contributed by atoms with Crippen molar-refractivity contribution in [2.24, 2.45) is 0 Å². The summed E-state index contributed by atoms with van der Waals surface area (Å²) < 4.78 is 6.90. The zero-order valence-corrected chi connectivity index (χ0v) is 20.8. The van der Waals surface area contributed by atoms with Gasteiger partial charge in [0.05, 0.1) is 29.2 Å². The van der Waals surface area contributed by atoms with Crippen LogP contribution in [0.5, 0.6) is 5.75 Å². The Hall–Kier alpha value is -3.52. The molecule has 0 aliphatic rings. The minimum Gasteiger partial charge on any atom is -0.495 e. The van der Waals surface area contributed by atoms with Crippen molar-refractivity contribution in [1.82, 2.24) is 14.7 Å². The molecule has 2 aromatic carbocycles. The van der Waals surface area contributed by atoms with Gasteiger partial charge in [0.2, 0.25) is 5.91 Å². The number of nitrogens with one attached hydrogen (secondary N) is 2. The second-order valence-corrected chi connectivity index (χ2v) is 9.13. The van der Waals surface area contributed by atoms with E-state index in [1.54, 1.807) is 35.9 Å². The number of amides is 3. The number of para-hydroxylation sites is 3. The van der Waals surface area contributed by atoms with Gasteiger partial charge >= 0.3 is 6.03 Å². The predicted molar refractivity (Wildman–Crippen MR) is 135 cm³/mol. The van der Waals surface area contributed by atoms with E-state index in [1.165, 1.54) is 12.0 Å². The van der Waals surface area contributed by atoms with E-state index < -0.39 is 6.03 Å². The fourth-order valence-electron chi connectivity index (χ4n) is 3.27. The smallest absolute Gasteiger partial charge is 0.322 e. The van der Waals surface area contributed by atoms with Crippen LogP contribution in [0.2, 0.25) is 5.02 Å². The van der Waals surface area contributed by atoms with Gasteiger partial charge in [0.15, 0.2) is 0 Å². The quantitative estimate of drug-likeness (QED) is 0.475. The molecular weight excluding hydrogens is 454 g/mol. The molecule has 1 heterocycles. The summed E-state index contributed by atoms with van der Waals surface area (Å²) >= 11 is 6.40.